The predicted octanol–water partition coefficient (Wildman–Crippen LogP) is 3.90. The number of para-hydroxylation sites is 1. The minimum absolute atomic E-state index is 0.00180. The lowest BCUT2D eigenvalue weighted by atomic mass is 10.1. The topological polar surface area (TPSA) is 42.4 Å². The molecule has 4 rings (SSSR count). The lowest BCUT2D eigenvalue weighted by molar-refractivity contribution is 0.0161. The van der Waals surface area contributed by atoms with E-state index in [1.165, 1.54) is 0 Å². The fourth-order valence-corrected chi connectivity index (χ4v) is 3.00. The van der Waals surface area contributed by atoms with Crippen molar-refractivity contribution in [2.45, 2.75) is 6.10 Å². The van der Waals surface area contributed by atoms with Crippen molar-refractivity contribution >= 4 is 32.7 Å². The minimum Gasteiger partial charge on any atom is -0.471 e. The molecule has 1 aromatic heterocycles. The van der Waals surface area contributed by atoms with Gasteiger partial charge in [0.1, 0.15) is 6.10 Å². The molecule has 120 valence electrons. The van der Waals surface area contributed by atoms with Gasteiger partial charge in [-0.25, -0.2) is 4.98 Å². The van der Waals surface area contributed by atoms with Crippen LogP contribution in [0.15, 0.2) is 65.1 Å². The van der Waals surface area contributed by atoms with E-state index in [0.29, 0.717) is 24.5 Å². The average molecular weight is 383 g/mol. The third-order valence-corrected chi connectivity index (χ3v) is 4.62. The molecule has 1 amide bonds. The zero-order valence-electron chi connectivity index (χ0n) is 12.9. The second kappa shape index (κ2) is 6.24. The number of likely N-dealkylation sites (tertiary alicyclic amines) is 1. The van der Waals surface area contributed by atoms with Gasteiger partial charge in [0.15, 0.2) is 0 Å². The number of hydrogen-bond donors (Lipinski definition) is 0. The van der Waals surface area contributed by atoms with Gasteiger partial charge in [-0.3, -0.25) is 4.79 Å². The minimum atomic E-state index is -0.00180. The summed E-state index contributed by atoms with van der Waals surface area (Å²) in [4.78, 5) is 18.6. The molecular weight excluding hydrogens is 368 g/mol. The van der Waals surface area contributed by atoms with Crippen LogP contribution in [0.25, 0.3) is 10.9 Å². The van der Waals surface area contributed by atoms with Gasteiger partial charge in [-0.05, 0) is 36.4 Å². The van der Waals surface area contributed by atoms with Crippen LogP contribution in [0.2, 0.25) is 0 Å². The summed E-state index contributed by atoms with van der Waals surface area (Å²) < 4.78 is 6.85. The summed E-state index contributed by atoms with van der Waals surface area (Å²) in [5, 5.41) is 1.09. The van der Waals surface area contributed by atoms with Crippen molar-refractivity contribution in [3.63, 3.8) is 0 Å². The number of aromatic nitrogens is 1. The van der Waals surface area contributed by atoms with E-state index >= 15 is 0 Å². The molecule has 0 aliphatic carbocycles. The molecule has 0 atom stereocenters. The van der Waals surface area contributed by atoms with Gasteiger partial charge in [0, 0.05) is 21.5 Å². The van der Waals surface area contributed by atoms with Crippen LogP contribution in [0.3, 0.4) is 0 Å². The van der Waals surface area contributed by atoms with E-state index in [9.17, 15) is 4.79 Å². The maximum atomic E-state index is 12.4. The fraction of sp³-hybridized carbons (Fsp3) is 0.158. The highest BCUT2D eigenvalue weighted by molar-refractivity contribution is 9.10. The number of hydrogen-bond acceptors (Lipinski definition) is 3. The Labute approximate surface area is 148 Å². The normalized spacial score (nSPS) is 14.5. The number of pyridine rings is 1. The molecule has 2 heterocycles. The highest BCUT2D eigenvalue weighted by Crippen LogP contribution is 2.21. The Kier molecular flexibility index (Phi) is 3.94. The van der Waals surface area contributed by atoms with Crippen molar-refractivity contribution in [1.29, 1.82) is 0 Å². The first-order chi connectivity index (χ1) is 11.7. The second-order valence-corrected chi connectivity index (χ2v) is 6.71. The van der Waals surface area contributed by atoms with Gasteiger partial charge in [-0.2, -0.15) is 0 Å². The fourth-order valence-electron chi connectivity index (χ4n) is 2.74. The third-order valence-electron chi connectivity index (χ3n) is 4.09. The van der Waals surface area contributed by atoms with Crippen LogP contribution in [-0.4, -0.2) is 35.0 Å². The zero-order chi connectivity index (χ0) is 16.5. The quantitative estimate of drug-likeness (QED) is 0.689. The summed E-state index contributed by atoms with van der Waals surface area (Å²) in [6, 6.07) is 19.2. The van der Waals surface area contributed by atoms with Crippen molar-refractivity contribution in [2.24, 2.45) is 0 Å². The van der Waals surface area contributed by atoms with E-state index < -0.39 is 0 Å². The van der Waals surface area contributed by atoms with Gasteiger partial charge < -0.3 is 9.64 Å². The van der Waals surface area contributed by atoms with Crippen LogP contribution in [0.5, 0.6) is 5.88 Å². The van der Waals surface area contributed by atoms with Crippen LogP contribution in [0.1, 0.15) is 10.4 Å². The van der Waals surface area contributed by atoms with Crippen LogP contribution < -0.4 is 4.74 Å². The van der Waals surface area contributed by atoms with E-state index in [2.05, 4.69) is 20.9 Å². The molecule has 1 aliphatic heterocycles. The summed E-state index contributed by atoms with van der Waals surface area (Å²) in [5.41, 5.74) is 1.61. The van der Waals surface area contributed by atoms with E-state index in [0.717, 1.165) is 15.4 Å². The van der Waals surface area contributed by atoms with Gasteiger partial charge in [-0.1, -0.05) is 34.1 Å². The molecule has 5 heteroatoms. The number of amides is 1. The molecule has 1 aliphatic rings. The number of benzene rings is 2. The van der Waals surface area contributed by atoms with Gasteiger partial charge in [0.2, 0.25) is 5.88 Å². The largest absolute Gasteiger partial charge is 0.471 e. The maximum Gasteiger partial charge on any atom is 0.254 e. The van der Waals surface area contributed by atoms with Gasteiger partial charge in [-0.15, -0.1) is 0 Å². The predicted molar refractivity (Wildman–Crippen MR) is 96.2 cm³/mol. The van der Waals surface area contributed by atoms with Crippen molar-refractivity contribution in [3.8, 4) is 5.88 Å². The summed E-state index contributed by atoms with van der Waals surface area (Å²) >= 11 is 3.37. The molecule has 3 aromatic rings. The third kappa shape index (κ3) is 2.99. The summed E-state index contributed by atoms with van der Waals surface area (Å²) in [6.45, 7) is 1.17. The number of carbonyl (C=O) groups is 1. The molecule has 4 nitrogen and oxygen atoms in total. The highest BCUT2D eigenvalue weighted by Gasteiger charge is 2.33. The second-order valence-electron chi connectivity index (χ2n) is 5.80. The molecule has 0 spiro atoms. The monoisotopic (exact) mass is 382 g/mol. The number of fused-ring (bicyclic) bond motifs is 1. The summed E-state index contributed by atoms with van der Waals surface area (Å²) in [6.07, 6.45) is -0.00180. The van der Waals surface area contributed by atoms with E-state index in [4.69, 9.17) is 4.74 Å². The van der Waals surface area contributed by atoms with E-state index in [-0.39, 0.29) is 12.0 Å². The summed E-state index contributed by atoms with van der Waals surface area (Å²) in [7, 11) is 0. The number of rotatable bonds is 3. The zero-order valence-corrected chi connectivity index (χ0v) is 14.4. The molecule has 2 aromatic carbocycles. The Bertz CT molecular complexity index is 889. The Morgan fingerprint density at radius 1 is 1.04 bits per heavy atom. The Morgan fingerprint density at radius 2 is 1.79 bits per heavy atom. The lowest BCUT2D eigenvalue weighted by Gasteiger charge is -2.38. The van der Waals surface area contributed by atoms with Crippen LogP contribution >= 0.6 is 15.9 Å². The smallest absolute Gasteiger partial charge is 0.254 e. The molecule has 0 saturated carbocycles. The Morgan fingerprint density at radius 3 is 2.58 bits per heavy atom. The number of nitrogens with zero attached hydrogens (tertiary/aromatic N) is 2. The average Bonchev–Trinajstić information content (AvgIpc) is 2.58. The first-order valence-corrected chi connectivity index (χ1v) is 8.56. The molecular formula is C19H15BrN2O2. The molecule has 0 bridgehead atoms. The van der Waals surface area contributed by atoms with Gasteiger partial charge >= 0.3 is 0 Å². The lowest BCUT2D eigenvalue weighted by Crippen LogP contribution is -2.56. The molecule has 1 fully saturated rings. The number of ether oxygens (including phenoxy) is 1. The van der Waals surface area contributed by atoms with E-state index in [1.807, 2.05) is 60.7 Å². The Balaban J connectivity index is 1.38. The van der Waals surface area contributed by atoms with Gasteiger partial charge in [0.25, 0.3) is 5.91 Å². The molecule has 0 N–H and O–H groups in total. The van der Waals surface area contributed by atoms with E-state index in [1.54, 1.807) is 4.90 Å². The standard InChI is InChI=1S/C19H15BrN2O2/c20-15-8-5-14(6-9-15)19(23)22-11-16(12-22)24-18-10-7-13-3-1-2-4-17(13)21-18/h1-10,16H,11-12H2. The van der Waals surface area contributed by atoms with Crippen molar-refractivity contribution in [3.05, 3.63) is 70.7 Å². The van der Waals surface area contributed by atoms with Crippen molar-refractivity contribution in [1.82, 2.24) is 9.88 Å². The summed E-state index contributed by atoms with van der Waals surface area (Å²) in [5.74, 6) is 0.642. The number of halogens is 1. The van der Waals surface area contributed by atoms with Gasteiger partial charge in [0.05, 0.1) is 18.6 Å². The van der Waals surface area contributed by atoms with Crippen molar-refractivity contribution in [2.75, 3.05) is 13.1 Å². The van der Waals surface area contributed by atoms with Crippen LogP contribution in [0, 0.1) is 0 Å². The first-order valence-electron chi connectivity index (χ1n) is 7.76. The first kappa shape index (κ1) is 15.1. The van der Waals surface area contributed by atoms with Crippen LogP contribution in [-0.2, 0) is 0 Å². The Hall–Kier alpha value is -2.40. The number of carbonyl (C=O) groups excluding carboxylic acids is 1. The molecule has 24 heavy (non-hydrogen) atoms. The molecule has 0 unspecified atom stereocenters. The highest BCUT2D eigenvalue weighted by atomic mass is 79.9. The SMILES string of the molecule is O=C(c1ccc(Br)cc1)N1CC(Oc2ccc3ccccc3n2)C1. The molecule has 0 radical (unpaired) electrons. The maximum absolute atomic E-state index is 12.4. The van der Waals surface area contributed by atoms with Crippen molar-refractivity contribution < 1.29 is 9.53 Å². The molecule has 1 saturated heterocycles. The van der Waals surface area contributed by atoms with Crippen LogP contribution in [0.4, 0.5) is 0 Å².